The zero-order chi connectivity index (χ0) is 28.6. The number of halogens is 2. The molecular formula is C30H27F2N5O3. The standard InChI is InChI=1S/C30H27F2N5O3/c1-4-39-27-16-25-22(15-26(27)36-28(38)11-8-12-37(2)3)29(19(17-33)18-34-25)35-20-13-23(31)30(24(32)14-20)40-21-9-6-5-7-10-21/h5-11,13-16,18H,4,12H2,1-3H3,(H,34,35)(H,36,38)/b11-8+. The lowest BCUT2D eigenvalue weighted by Crippen LogP contribution is -2.13. The largest absolute Gasteiger partial charge is 0.492 e. The van der Waals surface area contributed by atoms with E-state index in [2.05, 4.69) is 15.6 Å². The molecule has 0 unspecified atom stereocenters. The van der Waals surface area contributed by atoms with Crippen LogP contribution in [0.3, 0.4) is 0 Å². The summed E-state index contributed by atoms with van der Waals surface area (Å²) < 4.78 is 41.0. The minimum atomic E-state index is -0.931. The zero-order valence-electron chi connectivity index (χ0n) is 22.2. The number of aromatic nitrogens is 1. The number of carbonyl (C=O) groups is 1. The van der Waals surface area contributed by atoms with Gasteiger partial charge in [0.2, 0.25) is 5.91 Å². The van der Waals surface area contributed by atoms with Crippen LogP contribution in [0.15, 0.2) is 72.9 Å². The highest BCUT2D eigenvalue weighted by molar-refractivity contribution is 6.04. The van der Waals surface area contributed by atoms with E-state index in [9.17, 15) is 18.8 Å². The average Bonchev–Trinajstić information content (AvgIpc) is 2.92. The number of carbonyl (C=O) groups excluding carboxylic acids is 1. The summed E-state index contributed by atoms with van der Waals surface area (Å²) in [5.74, 6) is -2.13. The van der Waals surface area contributed by atoms with Crippen molar-refractivity contribution >= 4 is 33.9 Å². The van der Waals surface area contributed by atoms with Gasteiger partial charge in [-0.1, -0.05) is 24.3 Å². The summed E-state index contributed by atoms with van der Waals surface area (Å²) in [6.07, 6.45) is 4.48. The number of hydrogen-bond acceptors (Lipinski definition) is 7. The van der Waals surface area contributed by atoms with Crippen molar-refractivity contribution in [3.8, 4) is 23.3 Å². The first-order valence-electron chi connectivity index (χ1n) is 12.4. The first kappa shape index (κ1) is 28.0. The number of hydrogen-bond donors (Lipinski definition) is 2. The van der Waals surface area contributed by atoms with Gasteiger partial charge in [-0.3, -0.25) is 9.78 Å². The molecule has 40 heavy (non-hydrogen) atoms. The first-order valence-corrected chi connectivity index (χ1v) is 12.4. The third-order valence-corrected chi connectivity index (χ3v) is 5.62. The van der Waals surface area contributed by atoms with E-state index in [4.69, 9.17) is 9.47 Å². The van der Waals surface area contributed by atoms with Gasteiger partial charge in [-0.25, -0.2) is 8.78 Å². The maximum atomic E-state index is 14.9. The smallest absolute Gasteiger partial charge is 0.248 e. The molecule has 1 amide bonds. The lowest BCUT2D eigenvalue weighted by atomic mass is 10.1. The van der Waals surface area contributed by atoms with Gasteiger partial charge in [0.25, 0.3) is 0 Å². The van der Waals surface area contributed by atoms with Crippen LogP contribution in [0.2, 0.25) is 0 Å². The molecule has 2 N–H and O–H groups in total. The van der Waals surface area contributed by atoms with Crippen LogP contribution in [-0.4, -0.2) is 43.0 Å². The molecule has 0 fully saturated rings. The number of nitrogens with zero attached hydrogens (tertiary/aromatic N) is 3. The van der Waals surface area contributed by atoms with Crippen LogP contribution in [0.5, 0.6) is 17.2 Å². The van der Waals surface area contributed by atoms with E-state index >= 15 is 0 Å². The van der Waals surface area contributed by atoms with Crippen LogP contribution in [-0.2, 0) is 4.79 Å². The van der Waals surface area contributed by atoms with Gasteiger partial charge in [0.1, 0.15) is 17.6 Å². The van der Waals surface area contributed by atoms with Crippen molar-refractivity contribution in [1.29, 1.82) is 5.26 Å². The molecule has 0 saturated heterocycles. The van der Waals surface area contributed by atoms with E-state index in [0.717, 1.165) is 12.1 Å². The van der Waals surface area contributed by atoms with Crippen molar-refractivity contribution in [2.45, 2.75) is 6.92 Å². The molecule has 4 aromatic rings. The number of pyridine rings is 1. The van der Waals surface area contributed by atoms with E-state index in [1.54, 1.807) is 55.5 Å². The van der Waals surface area contributed by atoms with Crippen LogP contribution < -0.4 is 20.1 Å². The van der Waals surface area contributed by atoms with Crippen molar-refractivity contribution in [3.63, 3.8) is 0 Å². The van der Waals surface area contributed by atoms with E-state index in [1.165, 1.54) is 12.3 Å². The van der Waals surface area contributed by atoms with Gasteiger partial charge in [0.15, 0.2) is 17.4 Å². The Morgan fingerprint density at radius 1 is 1.12 bits per heavy atom. The number of amides is 1. The SMILES string of the molecule is CCOc1cc2ncc(C#N)c(Nc3cc(F)c(Oc4ccccc4)c(F)c3)c2cc1NC(=O)/C=C/CN(C)C. The minimum absolute atomic E-state index is 0.0468. The summed E-state index contributed by atoms with van der Waals surface area (Å²) in [5.41, 5.74) is 1.22. The molecule has 0 bridgehead atoms. The summed E-state index contributed by atoms with van der Waals surface area (Å²) >= 11 is 0. The molecule has 3 aromatic carbocycles. The number of para-hydroxylation sites is 1. The van der Waals surface area contributed by atoms with E-state index in [1.807, 2.05) is 25.1 Å². The maximum absolute atomic E-state index is 14.9. The average molecular weight is 544 g/mol. The third kappa shape index (κ3) is 6.70. The van der Waals surface area contributed by atoms with Crippen LogP contribution in [0, 0.1) is 23.0 Å². The van der Waals surface area contributed by atoms with E-state index in [0.29, 0.717) is 35.5 Å². The van der Waals surface area contributed by atoms with Crippen LogP contribution in [0.1, 0.15) is 12.5 Å². The number of nitrogens with one attached hydrogen (secondary N) is 2. The molecule has 0 aliphatic heterocycles. The molecule has 0 atom stereocenters. The minimum Gasteiger partial charge on any atom is -0.492 e. The second-order valence-electron chi connectivity index (χ2n) is 8.92. The Bertz CT molecular complexity index is 1580. The lowest BCUT2D eigenvalue weighted by molar-refractivity contribution is -0.111. The van der Waals surface area contributed by atoms with Crippen molar-refractivity contribution in [1.82, 2.24) is 9.88 Å². The van der Waals surface area contributed by atoms with Gasteiger partial charge in [-0.2, -0.15) is 5.26 Å². The number of likely N-dealkylation sites (N-methyl/N-ethyl adjacent to an activating group) is 1. The predicted molar refractivity (Wildman–Crippen MR) is 150 cm³/mol. The first-order chi connectivity index (χ1) is 19.3. The Kier molecular flexibility index (Phi) is 8.89. The Morgan fingerprint density at radius 2 is 1.85 bits per heavy atom. The fourth-order valence-electron chi connectivity index (χ4n) is 3.84. The topological polar surface area (TPSA) is 99.5 Å². The molecular weight excluding hydrogens is 516 g/mol. The molecule has 10 heteroatoms. The molecule has 0 aliphatic carbocycles. The van der Waals surface area contributed by atoms with Crippen LogP contribution >= 0.6 is 0 Å². The maximum Gasteiger partial charge on any atom is 0.248 e. The molecule has 4 rings (SSSR count). The van der Waals surface area contributed by atoms with Crippen molar-refractivity contribution < 1.29 is 23.0 Å². The van der Waals surface area contributed by atoms with Crippen LogP contribution in [0.25, 0.3) is 10.9 Å². The second-order valence-corrected chi connectivity index (χ2v) is 8.92. The molecule has 8 nitrogen and oxygen atoms in total. The molecule has 204 valence electrons. The van der Waals surface area contributed by atoms with Gasteiger partial charge >= 0.3 is 0 Å². The number of ether oxygens (including phenoxy) is 2. The predicted octanol–water partition coefficient (Wildman–Crippen LogP) is 6.38. The zero-order valence-corrected chi connectivity index (χ0v) is 22.2. The van der Waals surface area contributed by atoms with Gasteiger partial charge in [0.05, 0.1) is 29.1 Å². The molecule has 0 saturated carbocycles. The Hall–Kier alpha value is -5.01. The third-order valence-electron chi connectivity index (χ3n) is 5.62. The summed E-state index contributed by atoms with van der Waals surface area (Å²) in [7, 11) is 3.77. The van der Waals surface area contributed by atoms with Crippen LogP contribution in [0.4, 0.5) is 25.8 Å². The summed E-state index contributed by atoms with van der Waals surface area (Å²) in [6, 6.07) is 15.7. The number of rotatable bonds is 10. The number of benzene rings is 3. The Morgan fingerprint density at radius 3 is 2.50 bits per heavy atom. The van der Waals surface area contributed by atoms with E-state index in [-0.39, 0.29) is 28.6 Å². The number of anilines is 3. The highest BCUT2D eigenvalue weighted by Gasteiger charge is 2.18. The number of nitriles is 1. The van der Waals surface area contributed by atoms with Crippen molar-refractivity contribution in [2.75, 3.05) is 37.9 Å². The van der Waals surface area contributed by atoms with Crippen molar-refractivity contribution in [2.24, 2.45) is 0 Å². The van der Waals surface area contributed by atoms with E-state index < -0.39 is 17.4 Å². The fourth-order valence-corrected chi connectivity index (χ4v) is 3.84. The summed E-state index contributed by atoms with van der Waals surface area (Å²) in [5, 5.41) is 15.9. The molecule has 1 aromatic heterocycles. The van der Waals surface area contributed by atoms with Gasteiger partial charge < -0.3 is 25.0 Å². The highest BCUT2D eigenvalue weighted by atomic mass is 19.1. The monoisotopic (exact) mass is 543 g/mol. The summed E-state index contributed by atoms with van der Waals surface area (Å²) in [6.45, 7) is 2.72. The quantitative estimate of drug-likeness (QED) is 0.224. The van der Waals surface area contributed by atoms with Gasteiger partial charge in [0, 0.05) is 48.1 Å². The van der Waals surface area contributed by atoms with Gasteiger partial charge in [-0.15, -0.1) is 0 Å². The Labute approximate surface area is 230 Å². The normalized spacial score (nSPS) is 11.0. The highest BCUT2D eigenvalue weighted by Crippen LogP contribution is 2.37. The fraction of sp³-hybridized carbons (Fsp3) is 0.167. The molecule has 1 heterocycles. The van der Waals surface area contributed by atoms with Gasteiger partial charge in [-0.05, 0) is 39.2 Å². The molecule has 0 radical (unpaired) electrons. The molecule has 0 spiro atoms. The summed E-state index contributed by atoms with van der Waals surface area (Å²) in [4.78, 5) is 18.8. The number of fused-ring (bicyclic) bond motifs is 1. The molecule has 0 aliphatic rings. The van der Waals surface area contributed by atoms with Crippen molar-refractivity contribution in [3.05, 3.63) is 90.1 Å². The lowest BCUT2D eigenvalue weighted by Gasteiger charge is -2.16. The Balaban J connectivity index is 1.72. The second kappa shape index (κ2) is 12.7.